The number of halogens is 3. The van der Waals surface area contributed by atoms with Crippen LogP contribution in [0, 0.1) is 6.92 Å². The summed E-state index contributed by atoms with van der Waals surface area (Å²) in [6.45, 7) is 4.22. The van der Waals surface area contributed by atoms with Crippen LogP contribution in [0.15, 0.2) is 60.9 Å². The van der Waals surface area contributed by atoms with E-state index in [1.54, 1.807) is 19.4 Å². The molecule has 0 aliphatic carbocycles. The molecule has 1 saturated heterocycles. The highest BCUT2D eigenvalue weighted by Gasteiger charge is 2.31. The molecule has 0 saturated carbocycles. The number of nitrogens with one attached hydrogen (secondary N) is 2. The summed E-state index contributed by atoms with van der Waals surface area (Å²) in [5, 5.41) is 5.36. The molecule has 4 rings (SSSR count). The van der Waals surface area contributed by atoms with Gasteiger partial charge in [0.05, 0.1) is 29.6 Å². The van der Waals surface area contributed by atoms with Gasteiger partial charge in [-0.2, -0.15) is 13.2 Å². The van der Waals surface area contributed by atoms with Crippen molar-refractivity contribution in [3.05, 3.63) is 88.7 Å². The van der Waals surface area contributed by atoms with Gasteiger partial charge in [0, 0.05) is 50.1 Å². The maximum Gasteiger partial charge on any atom is 0.416 e. The fraction of sp³-hybridized carbons (Fsp3) is 0.321. The van der Waals surface area contributed by atoms with Crippen molar-refractivity contribution in [3.8, 4) is 0 Å². The number of benzene rings is 2. The second-order valence-corrected chi connectivity index (χ2v) is 9.22. The Balaban J connectivity index is 1.46. The quantitative estimate of drug-likeness (QED) is 0.403. The van der Waals surface area contributed by atoms with E-state index in [0.29, 0.717) is 30.8 Å². The van der Waals surface area contributed by atoms with Crippen LogP contribution >= 0.6 is 0 Å². The summed E-state index contributed by atoms with van der Waals surface area (Å²) >= 11 is 0. The van der Waals surface area contributed by atoms with Gasteiger partial charge in [-0.25, -0.2) is 0 Å². The Labute approximate surface area is 219 Å². The van der Waals surface area contributed by atoms with Gasteiger partial charge in [-0.3, -0.25) is 14.6 Å². The van der Waals surface area contributed by atoms with E-state index in [4.69, 9.17) is 4.74 Å². The van der Waals surface area contributed by atoms with Gasteiger partial charge in [0.15, 0.2) is 0 Å². The van der Waals surface area contributed by atoms with Gasteiger partial charge < -0.3 is 20.3 Å². The van der Waals surface area contributed by atoms with Gasteiger partial charge in [-0.1, -0.05) is 12.1 Å². The number of alkyl halides is 3. The molecule has 10 heteroatoms. The fourth-order valence-corrected chi connectivity index (χ4v) is 4.54. The lowest BCUT2D eigenvalue weighted by Crippen LogP contribution is -2.27. The molecule has 2 amide bonds. The van der Waals surface area contributed by atoms with E-state index in [1.165, 1.54) is 18.3 Å². The average Bonchev–Trinajstić information content (AvgIpc) is 3.39. The molecule has 0 bridgehead atoms. The van der Waals surface area contributed by atoms with Gasteiger partial charge in [0.2, 0.25) is 0 Å². The Morgan fingerprint density at radius 3 is 2.66 bits per heavy atom. The van der Waals surface area contributed by atoms with Crippen molar-refractivity contribution in [2.24, 2.45) is 0 Å². The highest BCUT2D eigenvalue weighted by molar-refractivity contribution is 6.04. The van der Waals surface area contributed by atoms with Gasteiger partial charge in [0.25, 0.3) is 11.8 Å². The van der Waals surface area contributed by atoms with Crippen molar-refractivity contribution in [3.63, 3.8) is 0 Å². The molecule has 7 nitrogen and oxygen atoms in total. The van der Waals surface area contributed by atoms with Gasteiger partial charge in [-0.15, -0.1) is 0 Å². The van der Waals surface area contributed by atoms with Crippen molar-refractivity contribution < 1.29 is 27.5 Å². The molecule has 2 N–H and O–H groups in total. The zero-order valence-electron chi connectivity index (χ0n) is 21.1. The van der Waals surface area contributed by atoms with Crippen LogP contribution in [0.4, 0.5) is 24.5 Å². The molecule has 0 radical (unpaired) electrons. The molecule has 0 spiro atoms. The van der Waals surface area contributed by atoms with Crippen LogP contribution in [0.1, 0.15) is 49.7 Å². The molecule has 1 aromatic heterocycles. The van der Waals surface area contributed by atoms with Crippen molar-refractivity contribution >= 4 is 23.2 Å². The van der Waals surface area contributed by atoms with Gasteiger partial charge in [0.1, 0.15) is 0 Å². The highest BCUT2D eigenvalue weighted by Crippen LogP contribution is 2.34. The van der Waals surface area contributed by atoms with Crippen LogP contribution < -0.4 is 15.5 Å². The minimum absolute atomic E-state index is 0.0811. The number of carbonyl (C=O) groups excluding carboxylic acids is 2. The molecule has 38 heavy (non-hydrogen) atoms. The van der Waals surface area contributed by atoms with E-state index in [2.05, 4.69) is 20.5 Å². The minimum Gasteiger partial charge on any atom is -0.383 e. The van der Waals surface area contributed by atoms with E-state index in [9.17, 15) is 22.8 Å². The summed E-state index contributed by atoms with van der Waals surface area (Å²) in [5.41, 5.74) is 2.96. The molecule has 1 aliphatic rings. The summed E-state index contributed by atoms with van der Waals surface area (Å²) in [6.07, 6.45) is -0.408. The van der Waals surface area contributed by atoms with Crippen molar-refractivity contribution in [2.75, 3.05) is 43.6 Å². The molecule has 200 valence electrons. The molecular weight excluding hydrogens is 497 g/mol. The van der Waals surface area contributed by atoms with Crippen LogP contribution in [0.3, 0.4) is 0 Å². The van der Waals surface area contributed by atoms with Gasteiger partial charge in [-0.05, 0) is 60.9 Å². The molecule has 1 aliphatic heterocycles. The monoisotopic (exact) mass is 526 g/mol. The minimum atomic E-state index is -4.49. The largest absolute Gasteiger partial charge is 0.416 e. The summed E-state index contributed by atoms with van der Waals surface area (Å²) < 4.78 is 44.1. The van der Waals surface area contributed by atoms with Gasteiger partial charge >= 0.3 is 6.18 Å². The molecule has 2 aromatic carbocycles. The number of aromatic nitrogens is 1. The molecule has 3 aromatic rings. The lowest BCUT2D eigenvalue weighted by atomic mass is 9.92. The number of hydrogen-bond acceptors (Lipinski definition) is 5. The predicted octanol–water partition coefficient (Wildman–Crippen LogP) is 5.03. The average molecular weight is 527 g/mol. The highest BCUT2D eigenvalue weighted by atomic mass is 19.4. The van der Waals surface area contributed by atoms with Crippen LogP contribution in [0.25, 0.3) is 0 Å². The van der Waals surface area contributed by atoms with E-state index in [0.717, 1.165) is 41.9 Å². The van der Waals surface area contributed by atoms with Crippen molar-refractivity contribution in [2.45, 2.75) is 25.4 Å². The fourth-order valence-electron chi connectivity index (χ4n) is 4.54. The number of rotatable bonds is 8. The number of carbonyl (C=O) groups is 2. The summed E-state index contributed by atoms with van der Waals surface area (Å²) in [7, 11) is 1.57. The number of nitrogens with zero attached hydrogens (tertiary/aromatic N) is 2. The maximum atomic E-state index is 13.0. The Morgan fingerprint density at radius 2 is 1.89 bits per heavy atom. The number of hydrogen-bond donors (Lipinski definition) is 2. The predicted molar refractivity (Wildman–Crippen MR) is 139 cm³/mol. The van der Waals surface area contributed by atoms with E-state index >= 15 is 0 Å². The molecule has 1 atom stereocenters. The zero-order chi connectivity index (χ0) is 27.3. The first-order chi connectivity index (χ1) is 18.2. The third kappa shape index (κ3) is 6.49. The lowest BCUT2D eigenvalue weighted by Gasteiger charge is -2.20. The number of amides is 2. The summed E-state index contributed by atoms with van der Waals surface area (Å²) in [6, 6.07) is 11.7. The second kappa shape index (κ2) is 11.6. The topological polar surface area (TPSA) is 83.6 Å². The van der Waals surface area contributed by atoms with Crippen molar-refractivity contribution in [1.29, 1.82) is 0 Å². The second-order valence-electron chi connectivity index (χ2n) is 9.22. The smallest absolute Gasteiger partial charge is 0.383 e. The third-order valence-corrected chi connectivity index (χ3v) is 6.56. The standard InChI is InChI=1S/C28H29F3N4O3/c1-18-6-7-19(27(37)34-23-5-3-4-22(14-23)28(29,30)31)13-25(18)20-8-10-35(17-20)24-12-21(15-32-16-24)26(36)33-9-11-38-2/h3-7,12-16,20H,8-11,17H2,1-2H3,(H,33,36)(H,34,37)/t20-/m1/s1. The molecule has 1 fully saturated rings. The first-order valence-electron chi connectivity index (χ1n) is 12.2. The lowest BCUT2D eigenvalue weighted by molar-refractivity contribution is -0.137. The van der Waals surface area contributed by atoms with Crippen LogP contribution in [0.5, 0.6) is 0 Å². The number of pyridine rings is 1. The third-order valence-electron chi connectivity index (χ3n) is 6.56. The van der Waals surface area contributed by atoms with Crippen molar-refractivity contribution in [1.82, 2.24) is 10.3 Å². The first-order valence-corrected chi connectivity index (χ1v) is 12.2. The Morgan fingerprint density at radius 1 is 1.08 bits per heavy atom. The van der Waals surface area contributed by atoms with Crippen LogP contribution in [-0.2, 0) is 10.9 Å². The Kier molecular flexibility index (Phi) is 8.31. The normalized spacial score (nSPS) is 15.4. The van der Waals surface area contributed by atoms with E-state index < -0.39 is 17.6 Å². The summed E-state index contributed by atoms with van der Waals surface area (Å²) in [5.74, 6) is -0.560. The summed E-state index contributed by atoms with van der Waals surface area (Å²) in [4.78, 5) is 31.7. The van der Waals surface area contributed by atoms with Crippen LogP contribution in [-0.4, -0.2) is 50.1 Å². The number of methoxy groups -OCH3 is 1. The maximum absolute atomic E-state index is 13.0. The number of anilines is 2. The zero-order valence-corrected chi connectivity index (χ0v) is 21.1. The van der Waals surface area contributed by atoms with Crippen LogP contribution in [0.2, 0.25) is 0 Å². The Bertz CT molecular complexity index is 1310. The van der Waals surface area contributed by atoms with E-state index in [1.807, 2.05) is 25.1 Å². The SMILES string of the molecule is COCCNC(=O)c1cncc(N2CC[C@@H](c3cc(C(=O)Nc4cccc(C(F)(F)F)c4)ccc3C)C2)c1. The molecule has 2 heterocycles. The number of ether oxygens (including phenoxy) is 1. The molecule has 0 unspecified atom stereocenters. The molecular formula is C28H29F3N4O3. The first kappa shape index (κ1) is 27.1. The number of aryl methyl sites for hydroxylation is 1. The Hall–Kier alpha value is -3.92. The van der Waals surface area contributed by atoms with E-state index in [-0.39, 0.29) is 17.5 Å².